The molecule has 12 aliphatic rings. The Bertz CT molecular complexity index is 1510. The summed E-state index contributed by atoms with van der Waals surface area (Å²) in [6.07, 6.45) is 16.3. The fourth-order valence-corrected chi connectivity index (χ4v) is 4.37. The molecule has 0 saturated heterocycles. The van der Waals surface area contributed by atoms with Crippen molar-refractivity contribution in [1.82, 2.24) is 15.2 Å². The first-order valence-electron chi connectivity index (χ1n) is 11.4. The number of rotatable bonds is 0. The summed E-state index contributed by atoms with van der Waals surface area (Å²) in [5.41, 5.74) is 6.77. The molecule has 0 atom stereocenters. The van der Waals surface area contributed by atoms with E-state index in [-0.39, 0.29) is 0 Å². The Morgan fingerprint density at radius 3 is 1.23 bits per heavy atom. The van der Waals surface area contributed by atoms with E-state index in [2.05, 4.69) is 122 Å². The van der Waals surface area contributed by atoms with E-state index in [0.717, 1.165) is 33.6 Å². The molecule has 164 valence electrons. The van der Waals surface area contributed by atoms with Crippen LogP contribution in [0.3, 0.4) is 0 Å². The number of hydrogen-bond donors (Lipinski definition) is 1. The van der Waals surface area contributed by atoms with Gasteiger partial charge < -0.3 is 0 Å². The van der Waals surface area contributed by atoms with Gasteiger partial charge in [-0.1, -0.05) is 5.10 Å². The Morgan fingerprint density at radius 2 is 0.800 bits per heavy atom. The second-order valence-corrected chi connectivity index (χ2v) is 8.45. The molecule has 7 nitrogen and oxygen atoms in total. The van der Waals surface area contributed by atoms with Crippen molar-refractivity contribution in [3.8, 4) is 45.5 Å². The van der Waals surface area contributed by atoms with E-state index >= 15 is 0 Å². The maximum absolute atomic E-state index is 4.66. The summed E-state index contributed by atoms with van der Waals surface area (Å²) in [6, 6.07) is 25.4. The number of benzene rings is 1. The quantitative estimate of drug-likeness (QED) is 0.358. The standard InChI is InChI=1S/C28H20N7/c1-2-26-4-3-25(1)32-13-5-21(6-14-32)23-9-17-34(18-10-23)27-29-28(31-30-27)35-19-11-24(12-20-35)22-7-15-33(26)16-8-22/h1-20H/q+3/p+1. The number of pyridine rings is 4. The average molecular weight is 456 g/mol. The highest BCUT2D eigenvalue weighted by Crippen LogP contribution is 2.18. The molecule has 0 spiro atoms. The Hall–Kier alpha value is -5.04. The monoisotopic (exact) mass is 455 g/mol. The fraction of sp³-hybridized carbons (Fsp3) is 0. The molecule has 0 fully saturated rings. The van der Waals surface area contributed by atoms with Gasteiger partial charge in [-0.25, -0.2) is 9.13 Å². The highest BCUT2D eigenvalue weighted by atomic mass is 15.4. The summed E-state index contributed by atoms with van der Waals surface area (Å²) in [5.74, 6) is 1.24. The minimum atomic E-state index is 0.586. The number of nitrogens with zero attached hydrogens (tertiary/aromatic N) is 6. The van der Waals surface area contributed by atoms with Gasteiger partial charge in [0.2, 0.25) is 11.4 Å². The summed E-state index contributed by atoms with van der Waals surface area (Å²) in [6.45, 7) is 0. The van der Waals surface area contributed by atoms with Crippen molar-refractivity contribution in [1.29, 1.82) is 0 Å². The third kappa shape index (κ3) is 3.46. The van der Waals surface area contributed by atoms with E-state index < -0.39 is 0 Å². The summed E-state index contributed by atoms with van der Waals surface area (Å²) in [5, 5.41) is 7.43. The van der Waals surface area contributed by atoms with Crippen molar-refractivity contribution < 1.29 is 18.3 Å². The van der Waals surface area contributed by atoms with E-state index in [0.29, 0.717) is 11.9 Å². The highest BCUT2D eigenvalue weighted by Gasteiger charge is 2.21. The second kappa shape index (κ2) is 7.78. The molecule has 1 aromatic carbocycles. The highest BCUT2D eigenvalue weighted by molar-refractivity contribution is 5.62. The zero-order valence-corrected chi connectivity index (χ0v) is 18.7. The average Bonchev–Trinajstić information content (AvgIpc) is 3.44. The van der Waals surface area contributed by atoms with Gasteiger partial charge in [-0.2, -0.15) is 9.13 Å². The van der Waals surface area contributed by atoms with Crippen LogP contribution in [0.2, 0.25) is 0 Å². The lowest BCUT2D eigenvalue weighted by molar-refractivity contribution is -0.611. The maximum Gasteiger partial charge on any atom is 0.477 e. The summed E-state index contributed by atoms with van der Waals surface area (Å²) in [4.78, 5) is 4.66. The van der Waals surface area contributed by atoms with Crippen LogP contribution in [0.1, 0.15) is 0 Å². The molecule has 35 heavy (non-hydrogen) atoms. The molecule has 12 aliphatic heterocycles. The Balaban J connectivity index is 1.37. The number of aromatic nitrogens is 7. The Labute approximate surface area is 201 Å². The Morgan fingerprint density at radius 1 is 0.429 bits per heavy atom. The first-order chi connectivity index (χ1) is 17.3. The van der Waals surface area contributed by atoms with Crippen molar-refractivity contribution in [2.75, 3.05) is 0 Å². The van der Waals surface area contributed by atoms with Crippen LogP contribution in [0.25, 0.3) is 45.5 Å². The summed E-state index contributed by atoms with van der Waals surface area (Å²) in [7, 11) is 0. The van der Waals surface area contributed by atoms with E-state index in [4.69, 9.17) is 0 Å². The van der Waals surface area contributed by atoms with Crippen LogP contribution in [0.5, 0.6) is 0 Å². The molecule has 0 unspecified atom stereocenters. The minimum absolute atomic E-state index is 0.586. The number of hydrogen-bond acceptors (Lipinski definition) is 2. The lowest BCUT2D eigenvalue weighted by atomic mass is 10.1. The molecule has 0 aliphatic carbocycles. The zero-order chi connectivity index (χ0) is 23.2. The van der Waals surface area contributed by atoms with Crippen LogP contribution < -0.4 is 18.3 Å². The molecule has 5 aromatic heterocycles. The molecule has 12 bridgehead atoms. The van der Waals surface area contributed by atoms with Gasteiger partial charge >= 0.3 is 11.9 Å². The normalized spacial score (nSPS) is 11.4. The summed E-state index contributed by atoms with van der Waals surface area (Å²) < 4.78 is 8.07. The van der Waals surface area contributed by atoms with E-state index in [9.17, 15) is 0 Å². The first-order valence-corrected chi connectivity index (χ1v) is 11.4. The third-order valence-corrected chi connectivity index (χ3v) is 6.37. The molecule has 0 amide bonds. The Kier molecular flexibility index (Phi) is 4.32. The topological polar surface area (TPSA) is 57.1 Å². The van der Waals surface area contributed by atoms with Gasteiger partial charge in [-0.3, -0.25) is 0 Å². The van der Waals surface area contributed by atoms with Crippen LogP contribution in [0.4, 0.5) is 0 Å². The maximum atomic E-state index is 4.66. The predicted octanol–water partition coefficient (Wildman–Crippen LogP) is 2.56. The van der Waals surface area contributed by atoms with Gasteiger partial charge in [0.1, 0.15) is 0 Å². The second-order valence-electron chi connectivity index (χ2n) is 8.45. The molecule has 7 heteroatoms. The molecular formula is C28H21N7+4. The van der Waals surface area contributed by atoms with Gasteiger partial charge in [0, 0.05) is 53.5 Å². The number of H-pyrrole nitrogens is 1. The molecule has 1 N–H and O–H groups in total. The van der Waals surface area contributed by atoms with Gasteiger partial charge in [0.25, 0.3) is 0 Å². The van der Waals surface area contributed by atoms with Crippen molar-refractivity contribution >= 4 is 0 Å². The van der Waals surface area contributed by atoms with Crippen molar-refractivity contribution in [2.24, 2.45) is 0 Å². The van der Waals surface area contributed by atoms with E-state index in [1.807, 2.05) is 33.9 Å². The largest absolute Gasteiger partial charge is 0.477 e. The number of nitrogens with one attached hydrogen (secondary N) is 1. The van der Waals surface area contributed by atoms with Crippen LogP contribution in [0, 0.1) is 0 Å². The van der Waals surface area contributed by atoms with Crippen LogP contribution in [-0.4, -0.2) is 15.2 Å². The SMILES string of the molecule is c1c[n+]2ccc1-c1cc[n+](cc1)-c1n[nH]c(n1)-[n+]1ccc(cc1)-c1cc[n+](cc1)-c1ccc-2cc1. The van der Waals surface area contributed by atoms with Gasteiger partial charge in [-0.05, 0) is 46.5 Å². The molecule has 0 saturated carbocycles. The van der Waals surface area contributed by atoms with Crippen LogP contribution in [0.15, 0.2) is 122 Å². The van der Waals surface area contributed by atoms with Crippen LogP contribution >= 0.6 is 0 Å². The molecule has 0 radical (unpaired) electrons. The minimum Gasteiger partial charge on any atom is -0.206 e. The molecule has 17 heterocycles. The van der Waals surface area contributed by atoms with Gasteiger partial charge in [0.15, 0.2) is 24.8 Å². The van der Waals surface area contributed by atoms with Crippen molar-refractivity contribution in [3.63, 3.8) is 0 Å². The van der Waals surface area contributed by atoms with Gasteiger partial charge in [-0.15, -0.1) is 0 Å². The van der Waals surface area contributed by atoms with E-state index in [1.54, 1.807) is 0 Å². The van der Waals surface area contributed by atoms with Crippen molar-refractivity contribution in [2.45, 2.75) is 0 Å². The van der Waals surface area contributed by atoms with Gasteiger partial charge in [0.05, 0.1) is 29.9 Å². The summed E-state index contributed by atoms with van der Waals surface area (Å²) >= 11 is 0. The van der Waals surface area contributed by atoms with E-state index in [1.165, 1.54) is 0 Å². The zero-order valence-electron chi connectivity index (χ0n) is 18.7. The van der Waals surface area contributed by atoms with Crippen molar-refractivity contribution in [3.05, 3.63) is 122 Å². The smallest absolute Gasteiger partial charge is 0.206 e. The molecule has 18 rings (SSSR count). The van der Waals surface area contributed by atoms with Crippen LogP contribution in [-0.2, 0) is 0 Å². The molecular weight excluding hydrogens is 434 g/mol. The number of aromatic amines is 1. The molecule has 6 aromatic rings. The predicted molar refractivity (Wildman–Crippen MR) is 127 cm³/mol. The lowest BCUT2D eigenvalue weighted by Gasteiger charge is -2.02. The first kappa shape index (κ1) is 19.4. The third-order valence-electron chi connectivity index (χ3n) is 6.37. The fourth-order valence-electron chi connectivity index (χ4n) is 4.37. The lowest BCUT2D eigenvalue weighted by Crippen LogP contribution is -2.33.